The summed E-state index contributed by atoms with van der Waals surface area (Å²) in [5.74, 6) is 2.56. The van der Waals surface area contributed by atoms with E-state index in [-0.39, 0.29) is 0 Å². The molecule has 0 amide bonds. The van der Waals surface area contributed by atoms with Gasteiger partial charge in [0.15, 0.2) is 5.96 Å². The maximum Gasteiger partial charge on any atom is 0.193 e. The molecule has 0 aliphatic carbocycles. The minimum atomic E-state index is 0.696. The largest absolute Gasteiger partial charge is 0.381 e. The van der Waals surface area contributed by atoms with E-state index in [1.165, 1.54) is 38.9 Å². The van der Waals surface area contributed by atoms with Crippen LogP contribution in [-0.2, 0) is 9.47 Å². The van der Waals surface area contributed by atoms with E-state index in [2.05, 4.69) is 20.1 Å². The van der Waals surface area contributed by atoms with Gasteiger partial charge < -0.3 is 24.6 Å². The van der Waals surface area contributed by atoms with Crippen LogP contribution in [0.2, 0.25) is 0 Å². The van der Waals surface area contributed by atoms with Crippen LogP contribution in [0.3, 0.4) is 0 Å². The van der Waals surface area contributed by atoms with Crippen LogP contribution >= 0.6 is 0 Å². The van der Waals surface area contributed by atoms with Crippen molar-refractivity contribution in [1.82, 2.24) is 15.1 Å². The first kappa shape index (κ1) is 19.9. The number of hydrogen-bond donors (Lipinski definition) is 1. The van der Waals surface area contributed by atoms with Crippen LogP contribution in [0.15, 0.2) is 4.99 Å². The second-order valence-corrected chi connectivity index (χ2v) is 8.07. The summed E-state index contributed by atoms with van der Waals surface area (Å²) < 4.78 is 11.2. The predicted molar refractivity (Wildman–Crippen MR) is 106 cm³/mol. The Morgan fingerprint density at radius 1 is 1.12 bits per heavy atom. The zero-order valence-electron chi connectivity index (χ0n) is 16.6. The van der Waals surface area contributed by atoms with Gasteiger partial charge in [0, 0.05) is 59.7 Å². The van der Waals surface area contributed by atoms with E-state index in [0.29, 0.717) is 5.92 Å². The molecule has 3 rings (SSSR count). The third-order valence-corrected chi connectivity index (χ3v) is 5.96. The summed E-state index contributed by atoms with van der Waals surface area (Å²) in [6.07, 6.45) is 7.40. The molecule has 26 heavy (non-hydrogen) atoms. The van der Waals surface area contributed by atoms with Gasteiger partial charge in [0.25, 0.3) is 0 Å². The first-order valence-corrected chi connectivity index (χ1v) is 10.7. The second kappa shape index (κ2) is 11.1. The zero-order valence-corrected chi connectivity index (χ0v) is 16.6. The van der Waals surface area contributed by atoms with Crippen LogP contribution in [0.5, 0.6) is 0 Å². The van der Waals surface area contributed by atoms with Crippen molar-refractivity contribution in [3.05, 3.63) is 0 Å². The Balaban J connectivity index is 1.25. The fourth-order valence-corrected chi connectivity index (χ4v) is 4.37. The van der Waals surface area contributed by atoms with Gasteiger partial charge in [-0.3, -0.25) is 4.99 Å². The topological polar surface area (TPSA) is 49.3 Å². The average Bonchev–Trinajstić information content (AvgIpc) is 3.35. The second-order valence-electron chi connectivity index (χ2n) is 8.07. The Kier molecular flexibility index (Phi) is 8.49. The lowest BCUT2D eigenvalue weighted by Gasteiger charge is -2.23. The molecule has 3 fully saturated rings. The Hall–Kier alpha value is -0.850. The van der Waals surface area contributed by atoms with Crippen molar-refractivity contribution < 1.29 is 9.47 Å². The smallest absolute Gasteiger partial charge is 0.193 e. The number of rotatable bonds is 8. The number of ether oxygens (including phenoxy) is 2. The van der Waals surface area contributed by atoms with Crippen molar-refractivity contribution in [3.63, 3.8) is 0 Å². The maximum absolute atomic E-state index is 5.85. The molecule has 1 atom stereocenters. The molecular weight excluding hydrogens is 328 g/mol. The molecule has 1 N–H and O–H groups in total. The van der Waals surface area contributed by atoms with Gasteiger partial charge in [-0.25, -0.2) is 0 Å². The summed E-state index contributed by atoms with van der Waals surface area (Å²) in [5.41, 5.74) is 0. The first-order chi connectivity index (χ1) is 12.8. The molecule has 3 heterocycles. The molecule has 0 saturated carbocycles. The van der Waals surface area contributed by atoms with Gasteiger partial charge >= 0.3 is 0 Å². The van der Waals surface area contributed by atoms with Gasteiger partial charge in [0.1, 0.15) is 0 Å². The van der Waals surface area contributed by atoms with Gasteiger partial charge in [-0.2, -0.15) is 0 Å². The summed E-state index contributed by atoms with van der Waals surface area (Å²) in [4.78, 5) is 9.56. The van der Waals surface area contributed by atoms with Crippen molar-refractivity contribution in [3.8, 4) is 0 Å². The molecule has 0 radical (unpaired) electrons. The van der Waals surface area contributed by atoms with E-state index in [9.17, 15) is 0 Å². The number of likely N-dealkylation sites (tertiary alicyclic amines) is 2. The lowest BCUT2D eigenvalue weighted by atomic mass is 10.0. The molecule has 0 aromatic carbocycles. The molecule has 0 bridgehead atoms. The third-order valence-electron chi connectivity index (χ3n) is 5.96. The number of nitrogens with zero attached hydrogens (tertiary/aromatic N) is 3. The SMILES string of the molecule is CN=C(NCCCOCC1CCOCC1)N1CCC(CN2CCCC2)C1. The molecule has 0 aromatic rings. The van der Waals surface area contributed by atoms with Crippen molar-refractivity contribution >= 4 is 5.96 Å². The van der Waals surface area contributed by atoms with Crippen LogP contribution in [0.1, 0.15) is 38.5 Å². The lowest BCUT2D eigenvalue weighted by Crippen LogP contribution is -2.41. The summed E-state index contributed by atoms with van der Waals surface area (Å²) >= 11 is 0. The summed E-state index contributed by atoms with van der Waals surface area (Å²) in [6.45, 7) is 10.6. The highest BCUT2D eigenvalue weighted by Crippen LogP contribution is 2.20. The maximum atomic E-state index is 5.85. The number of guanidine groups is 1. The normalized spacial score (nSPS) is 26.0. The van der Waals surface area contributed by atoms with Crippen molar-refractivity contribution in [1.29, 1.82) is 0 Å². The molecule has 3 aliphatic heterocycles. The highest BCUT2D eigenvalue weighted by molar-refractivity contribution is 5.80. The minimum absolute atomic E-state index is 0.696. The number of nitrogens with one attached hydrogen (secondary N) is 1. The molecule has 150 valence electrons. The first-order valence-electron chi connectivity index (χ1n) is 10.7. The monoisotopic (exact) mass is 366 g/mol. The molecule has 1 unspecified atom stereocenters. The highest BCUT2D eigenvalue weighted by atomic mass is 16.5. The molecule has 0 aromatic heterocycles. The van der Waals surface area contributed by atoms with Crippen LogP contribution in [0.4, 0.5) is 0 Å². The van der Waals surface area contributed by atoms with Gasteiger partial charge in [0.05, 0.1) is 0 Å². The number of aliphatic imine (C=N–C) groups is 1. The van der Waals surface area contributed by atoms with E-state index in [0.717, 1.165) is 77.2 Å². The zero-order chi connectivity index (χ0) is 18.0. The fraction of sp³-hybridized carbons (Fsp3) is 0.950. The Bertz CT molecular complexity index is 420. The van der Waals surface area contributed by atoms with E-state index in [1.807, 2.05) is 7.05 Å². The lowest BCUT2D eigenvalue weighted by molar-refractivity contribution is 0.0203. The molecule has 0 spiro atoms. The van der Waals surface area contributed by atoms with Crippen LogP contribution in [0.25, 0.3) is 0 Å². The standard InChI is InChI=1S/C20H38N4O2/c1-21-20(22-8-4-12-26-17-18-6-13-25-14-7-18)24-11-5-19(16-24)15-23-9-2-3-10-23/h18-19H,2-17H2,1H3,(H,21,22). The summed E-state index contributed by atoms with van der Waals surface area (Å²) in [5, 5.41) is 3.53. The molecule has 3 saturated heterocycles. The van der Waals surface area contributed by atoms with Crippen LogP contribution in [0, 0.1) is 11.8 Å². The fourth-order valence-electron chi connectivity index (χ4n) is 4.37. The van der Waals surface area contributed by atoms with Crippen molar-refractivity contribution in [2.24, 2.45) is 16.8 Å². The Labute approximate surface area is 159 Å². The highest BCUT2D eigenvalue weighted by Gasteiger charge is 2.27. The molecule has 6 heteroatoms. The Morgan fingerprint density at radius 3 is 2.69 bits per heavy atom. The number of hydrogen-bond acceptors (Lipinski definition) is 4. The average molecular weight is 367 g/mol. The van der Waals surface area contributed by atoms with Crippen LogP contribution in [-0.4, -0.2) is 88.5 Å². The van der Waals surface area contributed by atoms with E-state index < -0.39 is 0 Å². The summed E-state index contributed by atoms with van der Waals surface area (Å²) in [6, 6.07) is 0. The van der Waals surface area contributed by atoms with Gasteiger partial charge in [-0.15, -0.1) is 0 Å². The van der Waals surface area contributed by atoms with E-state index >= 15 is 0 Å². The van der Waals surface area contributed by atoms with E-state index in [1.54, 1.807) is 0 Å². The van der Waals surface area contributed by atoms with Crippen molar-refractivity contribution in [2.45, 2.75) is 38.5 Å². The van der Waals surface area contributed by atoms with Crippen molar-refractivity contribution in [2.75, 3.05) is 72.7 Å². The predicted octanol–water partition coefficient (Wildman–Crippen LogP) is 1.81. The third kappa shape index (κ3) is 6.39. The van der Waals surface area contributed by atoms with E-state index in [4.69, 9.17) is 9.47 Å². The minimum Gasteiger partial charge on any atom is -0.381 e. The quantitative estimate of drug-likeness (QED) is 0.403. The molecule has 6 nitrogen and oxygen atoms in total. The van der Waals surface area contributed by atoms with Gasteiger partial charge in [-0.1, -0.05) is 0 Å². The van der Waals surface area contributed by atoms with Gasteiger partial charge in [0.2, 0.25) is 0 Å². The van der Waals surface area contributed by atoms with Crippen LogP contribution < -0.4 is 5.32 Å². The molecule has 3 aliphatic rings. The molecular formula is C20H38N4O2. The van der Waals surface area contributed by atoms with Gasteiger partial charge in [-0.05, 0) is 63.5 Å². The summed E-state index contributed by atoms with van der Waals surface area (Å²) in [7, 11) is 1.90. The Morgan fingerprint density at radius 2 is 1.92 bits per heavy atom.